The van der Waals surface area contributed by atoms with Gasteiger partial charge in [0.2, 0.25) is 0 Å². The smallest absolute Gasteiger partial charge is 0.254 e. The number of benzene rings is 1. The molecule has 0 bridgehead atoms. The van der Waals surface area contributed by atoms with Crippen molar-refractivity contribution in [1.29, 1.82) is 0 Å². The molecule has 7 heteroatoms. The number of hydrogen-bond donors (Lipinski definition) is 1. The zero-order chi connectivity index (χ0) is 16.5. The van der Waals surface area contributed by atoms with Crippen LogP contribution in [0.5, 0.6) is 0 Å². The normalized spacial score (nSPS) is 17.7. The molecule has 4 rings (SSSR count). The second-order valence-corrected chi connectivity index (χ2v) is 5.96. The largest absolute Gasteiger partial charge is 0.375 e. The minimum Gasteiger partial charge on any atom is -0.375 e. The molecule has 0 saturated carbocycles. The lowest BCUT2D eigenvalue weighted by molar-refractivity contribution is 0.0792. The Bertz CT molecular complexity index is 869. The molecule has 3 aromatic rings. The molecule has 3 heterocycles. The lowest BCUT2D eigenvalue weighted by atomic mass is 10.1. The van der Waals surface area contributed by atoms with Gasteiger partial charge in [-0.25, -0.2) is 0 Å². The molecular formula is C17H18N4O3. The fourth-order valence-electron chi connectivity index (χ4n) is 3.21. The van der Waals surface area contributed by atoms with Gasteiger partial charge in [0, 0.05) is 48.8 Å². The van der Waals surface area contributed by atoms with Gasteiger partial charge in [0.25, 0.3) is 11.8 Å². The molecule has 7 nitrogen and oxygen atoms in total. The first kappa shape index (κ1) is 14.9. The second kappa shape index (κ2) is 6.09. The number of likely N-dealkylation sites (tertiary alicyclic amines) is 1. The molecule has 1 aromatic carbocycles. The van der Waals surface area contributed by atoms with Gasteiger partial charge >= 0.3 is 0 Å². The van der Waals surface area contributed by atoms with Crippen LogP contribution in [0.25, 0.3) is 10.9 Å². The maximum Gasteiger partial charge on any atom is 0.254 e. The summed E-state index contributed by atoms with van der Waals surface area (Å²) in [5, 5.41) is 4.97. The fourth-order valence-corrected chi connectivity index (χ4v) is 3.21. The van der Waals surface area contributed by atoms with Crippen molar-refractivity contribution in [1.82, 2.24) is 20.0 Å². The van der Waals surface area contributed by atoms with Gasteiger partial charge in [0.15, 0.2) is 5.82 Å². The minimum absolute atomic E-state index is 0.0447. The number of hydrogen-bond acceptors (Lipinski definition) is 5. The number of nitrogens with zero attached hydrogens (tertiary/aromatic N) is 3. The molecule has 1 aliphatic heterocycles. The van der Waals surface area contributed by atoms with Crippen LogP contribution in [0.2, 0.25) is 0 Å². The Balaban J connectivity index is 1.51. The molecule has 1 atom stereocenters. The Morgan fingerprint density at radius 3 is 3.25 bits per heavy atom. The van der Waals surface area contributed by atoms with E-state index in [1.54, 1.807) is 7.11 Å². The first-order valence-corrected chi connectivity index (χ1v) is 7.93. The van der Waals surface area contributed by atoms with Crippen LogP contribution < -0.4 is 0 Å². The first-order chi connectivity index (χ1) is 11.8. The molecule has 1 fully saturated rings. The molecular weight excluding hydrogens is 308 g/mol. The van der Waals surface area contributed by atoms with Gasteiger partial charge in [-0.1, -0.05) is 11.2 Å². The van der Waals surface area contributed by atoms with Crippen molar-refractivity contribution in [2.75, 3.05) is 20.2 Å². The summed E-state index contributed by atoms with van der Waals surface area (Å²) >= 11 is 0. The zero-order valence-corrected chi connectivity index (χ0v) is 13.4. The quantitative estimate of drug-likeness (QED) is 0.795. The molecule has 0 aliphatic carbocycles. The van der Waals surface area contributed by atoms with Crippen molar-refractivity contribution >= 4 is 16.8 Å². The number of methoxy groups -OCH3 is 1. The lowest BCUT2D eigenvalue weighted by Crippen LogP contribution is -2.28. The number of aromatic nitrogens is 3. The highest BCUT2D eigenvalue weighted by Crippen LogP contribution is 2.28. The molecule has 0 spiro atoms. The van der Waals surface area contributed by atoms with Crippen molar-refractivity contribution in [2.45, 2.75) is 18.9 Å². The Hall–Kier alpha value is -2.67. The molecule has 124 valence electrons. The number of nitrogens with one attached hydrogen (secondary N) is 1. The summed E-state index contributed by atoms with van der Waals surface area (Å²) in [6, 6.07) is 7.68. The van der Waals surface area contributed by atoms with E-state index in [9.17, 15) is 4.79 Å². The highest BCUT2D eigenvalue weighted by molar-refractivity contribution is 6.06. The monoisotopic (exact) mass is 326 g/mol. The van der Waals surface area contributed by atoms with Crippen molar-refractivity contribution < 1.29 is 14.1 Å². The van der Waals surface area contributed by atoms with Crippen LogP contribution in [0.4, 0.5) is 0 Å². The lowest BCUT2D eigenvalue weighted by Gasteiger charge is -2.16. The van der Waals surface area contributed by atoms with Gasteiger partial charge in [-0.15, -0.1) is 0 Å². The number of H-pyrrole nitrogens is 1. The van der Waals surface area contributed by atoms with Crippen LogP contribution >= 0.6 is 0 Å². The highest BCUT2D eigenvalue weighted by Gasteiger charge is 2.31. The number of fused-ring (bicyclic) bond motifs is 1. The molecule has 1 saturated heterocycles. The van der Waals surface area contributed by atoms with Crippen LogP contribution in [-0.2, 0) is 11.3 Å². The Labute approximate surface area is 138 Å². The van der Waals surface area contributed by atoms with E-state index >= 15 is 0 Å². The third-order valence-electron chi connectivity index (χ3n) is 4.42. The van der Waals surface area contributed by atoms with Crippen LogP contribution in [0.15, 0.2) is 35.0 Å². The van der Waals surface area contributed by atoms with Gasteiger partial charge in [0.05, 0.1) is 0 Å². The SMILES string of the molecule is COCc1nc(C2CCN(C(=O)c3cccc4[nH]ccc34)C2)no1. The van der Waals surface area contributed by atoms with Gasteiger partial charge in [-0.05, 0) is 24.6 Å². The van der Waals surface area contributed by atoms with Crippen LogP contribution in [0.3, 0.4) is 0 Å². The maximum absolute atomic E-state index is 12.9. The summed E-state index contributed by atoms with van der Waals surface area (Å²) in [5.41, 5.74) is 1.70. The molecule has 1 unspecified atom stereocenters. The highest BCUT2D eigenvalue weighted by atomic mass is 16.5. The molecule has 1 aliphatic rings. The summed E-state index contributed by atoms with van der Waals surface area (Å²) < 4.78 is 10.1. The summed E-state index contributed by atoms with van der Waals surface area (Å²) in [6.45, 7) is 1.60. The summed E-state index contributed by atoms with van der Waals surface area (Å²) in [5.74, 6) is 1.27. The van der Waals surface area contributed by atoms with E-state index in [0.29, 0.717) is 31.4 Å². The number of amides is 1. The summed E-state index contributed by atoms with van der Waals surface area (Å²) in [7, 11) is 1.58. The zero-order valence-electron chi connectivity index (χ0n) is 13.4. The predicted octanol–water partition coefficient (Wildman–Crippen LogP) is 2.33. The maximum atomic E-state index is 12.9. The van der Waals surface area contributed by atoms with E-state index in [1.165, 1.54) is 0 Å². The number of carbonyl (C=O) groups excluding carboxylic acids is 1. The average Bonchev–Trinajstić information content (AvgIpc) is 3.33. The predicted molar refractivity (Wildman–Crippen MR) is 86.6 cm³/mol. The number of aromatic amines is 1. The second-order valence-electron chi connectivity index (χ2n) is 5.96. The van der Waals surface area contributed by atoms with Gasteiger partial charge in [0.1, 0.15) is 6.61 Å². The molecule has 24 heavy (non-hydrogen) atoms. The van der Waals surface area contributed by atoms with Crippen molar-refractivity contribution in [3.63, 3.8) is 0 Å². The van der Waals surface area contributed by atoms with E-state index < -0.39 is 0 Å². The van der Waals surface area contributed by atoms with Crippen molar-refractivity contribution in [3.05, 3.63) is 47.7 Å². The fraction of sp³-hybridized carbons (Fsp3) is 0.353. The van der Waals surface area contributed by atoms with Crippen LogP contribution in [0.1, 0.15) is 34.4 Å². The third-order valence-corrected chi connectivity index (χ3v) is 4.42. The van der Waals surface area contributed by atoms with Gasteiger partial charge in [-0.2, -0.15) is 4.98 Å². The average molecular weight is 326 g/mol. The third kappa shape index (κ3) is 2.56. The van der Waals surface area contributed by atoms with E-state index in [4.69, 9.17) is 9.26 Å². The van der Waals surface area contributed by atoms with E-state index in [-0.39, 0.29) is 11.8 Å². The van der Waals surface area contributed by atoms with Crippen molar-refractivity contribution in [3.8, 4) is 0 Å². The Morgan fingerprint density at radius 1 is 1.46 bits per heavy atom. The topological polar surface area (TPSA) is 84.2 Å². The van der Waals surface area contributed by atoms with Crippen LogP contribution in [-0.4, -0.2) is 46.1 Å². The van der Waals surface area contributed by atoms with E-state index in [0.717, 1.165) is 22.9 Å². The Morgan fingerprint density at radius 2 is 2.38 bits per heavy atom. The van der Waals surface area contributed by atoms with Gasteiger partial charge < -0.3 is 19.1 Å². The number of rotatable bonds is 4. The van der Waals surface area contributed by atoms with E-state index in [1.807, 2.05) is 35.4 Å². The first-order valence-electron chi connectivity index (χ1n) is 7.93. The minimum atomic E-state index is 0.0447. The Kier molecular flexibility index (Phi) is 3.78. The molecule has 0 radical (unpaired) electrons. The summed E-state index contributed by atoms with van der Waals surface area (Å²) in [4.78, 5) is 22.2. The molecule has 1 amide bonds. The number of ether oxygens (including phenoxy) is 1. The van der Waals surface area contributed by atoms with Crippen molar-refractivity contribution in [2.24, 2.45) is 0 Å². The van der Waals surface area contributed by atoms with Gasteiger partial charge in [-0.3, -0.25) is 4.79 Å². The standard InChI is InChI=1S/C17H18N4O3/c1-23-10-15-19-16(20-24-15)11-6-8-21(9-11)17(22)13-3-2-4-14-12(13)5-7-18-14/h2-5,7,11,18H,6,8-10H2,1H3. The van der Waals surface area contributed by atoms with Crippen LogP contribution in [0, 0.1) is 0 Å². The van der Waals surface area contributed by atoms with E-state index in [2.05, 4.69) is 15.1 Å². The summed E-state index contributed by atoms with van der Waals surface area (Å²) in [6.07, 6.45) is 2.69. The molecule has 1 N–H and O–H groups in total. The molecule has 2 aromatic heterocycles. The number of carbonyl (C=O) groups is 1.